The van der Waals surface area contributed by atoms with E-state index in [0.717, 1.165) is 13.8 Å². The highest BCUT2D eigenvalue weighted by Crippen LogP contribution is 2.29. The van der Waals surface area contributed by atoms with Crippen LogP contribution < -0.4 is 0 Å². The third-order valence-corrected chi connectivity index (χ3v) is 2.82. The van der Waals surface area contributed by atoms with Crippen LogP contribution >= 0.6 is 0 Å². The van der Waals surface area contributed by atoms with Gasteiger partial charge in [0, 0.05) is 0 Å². The van der Waals surface area contributed by atoms with Gasteiger partial charge in [0.15, 0.2) is 6.10 Å². The summed E-state index contributed by atoms with van der Waals surface area (Å²) in [5.41, 5.74) is -0.789. The summed E-state index contributed by atoms with van der Waals surface area (Å²) >= 11 is 0. The summed E-state index contributed by atoms with van der Waals surface area (Å²) in [5.74, 6) is -4.11. The molecule has 0 aliphatic rings. The first-order valence-corrected chi connectivity index (χ1v) is 5.32. The molecule has 5 heteroatoms. The van der Waals surface area contributed by atoms with Gasteiger partial charge < -0.3 is 9.84 Å². The summed E-state index contributed by atoms with van der Waals surface area (Å²) in [5, 5.41) is 8.88. The van der Waals surface area contributed by atoms with Gasteiger partial charge in [0.1, 0.15) is 6.10 Å². The highest BCUT2D eigenvalue weighted by Gasteiger charge is 2.45. The van der Waals surface area contributed by atoms with Crippen molar-refractivity contribution in [3.8, 4) is 0 Å². The minimum Gasteiger partial charge on any atom is -0.456 e. The van der Waals surface area contributed by atoms with Gasteiger partial charge in [-0.15, -0.1) is 0 Å². The van der Waals surface area contributed by atoms with E-state index >= 15 is 0 Å². The Morgan fingerprint density at radius 3 is 2.12 bits per heavy atom. The highest BCUT2D eigenvalue weighted by molar-refractivity contribution is 5.76. The lowest BCUT2D eigenvalue weighted by Crippen LogP contribution is -2.45. The molecule has 0 bridgehead atoms. The standard InChI is InChI=1S/C11H20F2O3/c1-6-10(4,5)9(15)16-8(3)11(12,13)7(2)14/h7-8,14H,6H2,1-5H3. The predicted molar refractivity (Wildman–Crippen MR) is 56.3 cm³/mol. The number of aliphatic hydroxyl groups is 1. The van der Waals surface area contributed by atoms with Gasteiger partial charge in [0.2, 0.25) is 0 Å². The van der Waals surface area contributed by atoms with Crippen LogP contribution in [0, 0.1) is 5.41 Å². The normalized spacial score (nSPS) is 16.8. The number of hydrogen-bond donors (Lipinski definition) is 1. The second-order valence-electron chi connectivity index (χ2n) is 4.64. The molecule has 0 aromatic carbocycles. The van der Waals surface area contributed by atoms with Crippen molar-refractivity contribution in [3.63, 3.8) is 0 Å². The highest BCUT2D eigenvalue weighted by atomic mass is 19.3. The molecule has 0 amide bonds. The van der Waals surface area contributed by atoms with Crippen molar-refractivity contribution >= 4 is 5.97 Å². The lowest BCUT2D eigenvalue weighted by Gasteiger charge is -2.29. The van der Waals surface area contributed by atoms with Crippen LogP contribution in [0.3, 0.4) is 0 Å². The van der Waals surface area contributed by atoms with Crippen LogP contribution in [0.5, 0.6) is 0 Å². The molecule has 3 nitrogen and oxygen atoms in total. The van der Waals surface area contributed by atoms with Crippen molar-refractivity contribution in [2.24, 2.45) is 5.41 Å². The van der Waals surface area contributed by atoms with Gasteiger partial charge in [-0.05, 0) is 34.1 Å². The predicted octanol–water partition coefficient (Wildman–Crippen LogP) is 2.37. The SMILES string of the molecule is CCC(C)(C)C(=O)OC(C)C(F)(F)C(C)O. The van der Waals surface area contributed by atoms with Crippen molar-refractivity contribution in [2.45, 2.75) is 59.2 Å². The van der Waals surface area contributed by atoms with Gasteiger partial charge in [0.05, 0.1) is 5.41 Å². The van der Waals surface area contributed by atoms with E-state index in [9.17, 15) is 13.6 Å². The van der Waals surface area contributed by atoms with Gasteiger partial charge in [0.25, 0.3) is 0 Å². The fourth-order valence-corrected chi connectivity index (χ4v) is 0.883. The Bertz CT molecular complexity index is 250. The summed E-state index contributed by atoms with van der Waals surface area (Å²) in [4.78, 5) is 11.5. The molecular formula is C11H20F2O3. The number of carbonyl (C=O) groups is 1. The van der Waals surface area contributed by atoms with Crippen LogP contribution in [0.1, 0.15) is 41.0 Å². The van der Waals surface area contributed by atoms with Crippen LogP contribution in [0.25, 0.3) is 0 Å². The first kappa shape index (κ1) is 15.3. The zero-order valence-corrected chi connectivity index (χ0v) is 10.4. The zero-order chi connectivity index (χ0) is 13.1. The molecular weight excluding hydrogens is 218 g/mol. The topological polar surface area (TPSA) is 46.5 Å². The lowest BCUT2D eigenvalue weighted by molar-refractivity contribution is -0.199. The smallest absolute Gasteiger partial charge is 0.311 e. The number of rotatable bonds is 5. The van der Waals surface area contributed by atoms with Gasteiger partial charge in [-0.1, -0.05) is 6.92 Å². The Balaban J connectivity index is 4.58. The molecule has 2 atom stereocenters. The number of esters is 1. The molecule has 0 aliphatic carbocycles. The van der Waals surface area contributed by atoms with Gasteiger partial charge in [-0.3, -0.25) is 4.79 Å². The minimum atomic E-state index is -3.43. The lowest BCUT2D eigenvalue weighted by atomic mass is 9.90. The van der Waals surface area contributed by atoms with E-state index in [1.165, 1.54) is 0 Å². The number of alkyl halides is 2. The average Bonchev–Trinajstić information content (AvgIpc) is 2.17. The van der Waals surface area contributed by atoms with Crippen LogP contribution in [-0.4, -0.2) is 29.2 Å². The van der Waals surface area contributed by atoms with E-state index in [1.807, 2.05) is 0 Å². The molecule has 0 fully saturated rings. The molecule has 0 saturated carbocycles. The van der Waals surface area contributed by atoms with E-state index in [0.29, 0.717) is 6.42 Å². The monoisotopic (exact) mass is 238 g/mol. The second-order valence-corrected chi connectivity index (χ2v) is 4.64. The summed E-state index contributed by atoms with van der Waals surface area (Å²) in [6, 6.07) is 0. The van der Waals surface area contributed by atoms with E-state index in [-0.39, 0.29) is 0 Å². The number of aliphatic hydroxyl groups excluding tert-OH is 1. The molecule has 0 aliphatic heterocycles. The van der Waals surface area contributed by atoms with Gasteiger partial charge in [-0.2, -0.15) is 8.78 Å². The first-order valence-electron chi connectivity index (χ1n) is 5.32. The molecule has 1 N–H and O–H groups in total. The Labute approximate surface area is 94.8 Å². The zero-order valence-electron chi connectivity index (χ0n) is 10.4. The molecule has 0 rings (SSSR count). The molecule has 0 saturated heterocycles. The maximum Gasteiger partial charge on any atom is 0.311 e. The fourth-order valence-electron chi connectivity index (χ4n) is 0.883. The quantitative estimate of drug-likeness (QED) is 0.748. The van der Waals surface area contributed by atoms with E-state index in [1.54, 1.807) is 20.8 Å². The largest absolute Gasteiger partial charge is 0.456 e. The van der Waals surface area contributed by atoms with Crippen LogP contribution in [0.15, 0.2) is 0 Å². The van der Waals surface area contributed by atoms with Crippen LogP contribution in [0.4, 0.5) is 8.78 Å². The molecule has 2 unspecified atom stereocenters. The van der Waals surface area contributed by atoms with Crippen molar-refractivity contribution in [3.05, 3.63) is 0 Å². The van der Waals surface area contributed by atoms with Crippen LogP contribution in [-0.2, 0) is 9.53 Å². The average molecular weight is 238 g/mol. The van der Waals surface area contributed by atoms with Crippen LogP contribution in [0.2, 0.25) is 0 Å². The molecule has 0 radical (unpaired) electrons. The maximum atomic E-state index is 13.3. The Hall–Kier alpha value is -0.710. The summed E-state index contributed by atoms with van der Waals surface area (Å²) in [6.07, 6.45) is -2.98. The Morgan fingerprint density at radius 2 is 1.81 bits per heavy atom. The van der Waals surface area contributed by atoms with Crippen molar-refractivity contribution in [1.82, 2.24) is 0 Å². The van der Waals surface area contributed by atoms with Crippen molar-refractivity contribution in [1.29, 1.82) is 0 Å². The van der Waals surface area contributed by atoms with E-state index in [4.69, 9.17) is 5.11 Å². The summed E-state index contributed by atoms with van der Waals surface area (Å²) in [6.45, 7) is 7.08. The number of hydrogen-bond acceptors (Lipinski definition) is 3. The molecule has 16 heavy (non-hydrogen) atoms. The maximum absolute atomic E-state index is 13.3. The first-order chi connectivity index (χ1) is 7.05. The third kappa shape index (κ3) is 3.40. The Kier molecular flexibility index (Phi) is 4.85. The van der Waals surface area contributed by atoms with Crippen molar-refractivity contribution < 1.29 is 23.4 Å². The number of carbonyl (C=O) groups excluding carboxylic acids is 1. The van der Waals surface area contributed by atoms with Crippen molar-refractivity contribution in [2.75, 3.05) is 0 Å². The summed E-state index contributed by atoms with van der Waals surface area (Å²) in [7, 11) is 0. The minimum absolute atomic E-state index is 0.499. The molecule has 0 aromatic heterocycles. The number of ether oxygens (including phenoxy) is 1. The fraction of sp³-hybridized carbons (Fsp3) is 0.909. The molecule has 0 aromatic rings. The summed E-state index contributed by atoms with van der Waals surface area (Å²) < 4.78 is 31.2. The van der Waals surface area contributed by atoms with E-state index < -0.39 is 29.5 Å². The van der Waals surface area contributed by atoms with E-state index in [2.05, 4.69) is 4.74 Å². The number of halogens is 2. The third-order valence-electron chi connectivity index (χ3n) is 2.82. The van der Waals surface area contributed by atoms with Gasteiger partial charge in [-0.25, -0.2) is 0 Å². The molecule has 0 spiro atoms. The van der Waals surface area contributed by atoms with Gasteiger partial charge >= 0.3 is 11.9 Å². The Morgan fingerprint density at radius 1 is 1.38 bits per heavy atom. The molecule has 96 valence electrons. The molecule has 0 heterocycles. The second kappa shape index (κ2) is 5.08.